The van der Waals surface area contributed by atoms with E-state index in [-0.39, 0.29) is 0 Å². The minimum Gasteiger partial charge on any atom is -0.286 e. The van der Waals surface area contributed by atoms with E-state index in [1.54, 1.807) is 12.3 Å². The number of fused-ring (bicyclic) bond motifs is 1. The Bertz CT molecular complexity index is 335. The molecule has 0 saturated heterocycles. The second-order valence-electron chi connectivity index (χ2n) is 2.26. The molecule has 1 aliphatic rings. The summed E-state index contributed by atoms with van der Waals surface area (Å²) >= 11 is 9.12. The molecule has 0 unspecified atom stereocenters. The largest absolute Gasteiger partial charge is 0.286 e. The van der Waals surface area contributed by atoms with Gasteiger partial charge in [0.15, 0.2) is 0 Å². The minimum atomic E-state index is 0.504. The van der Waals surface area contributed by atoms with Crippen LogP contribution in [0.15, 0.2) is 15.5 Å². The number of halogens is 2. The molecule has 0 bridgehead atoms. The molecule has 2 nitrogen and oxygen atoms in total. The SMILES string of the molecule is Clc1cc(Br)c2c(n1)C=NC2. The lowest BCUT2D eigenvalue weighted by atomic mass is 10.2. The predicted octanol–water partition coefficient (Wildman–Crippen LogP) is 2.43. The average Bonchev–Trinajstić information content (AvgIpc) is 2.34. The summed E-state index contributed by atoms with van der Waals surface area (Å²) in [5.41, 5.74) is 2.00. The first-order valence-corrected chi connectivity index (χ1v) is 4.29. The summed E-state index contributed by atoms with van der Waals surface area (Å²) < 4.78 is 0.991. The summed E-state index contributed by atoms with van der Waals surface area (Å²) in [7, 11) is 0. The molecular weight excluding hydrogens is 227 g/mol. The van der Waals surface area contributed by atoms with Gasteiger partial charge in [0.1, 0.15) is 5.15 Å². The monoisotopic (exact) mass is 230 g/mol. The van der Waals surface area contributed by atoms with Gasteiger partial charge in [-0.25, -0.2) is 4.98 Å². The van der Waals surface area contributed by atoms with Gasteiger partial charge in [-0.15, -0.1) is 0 Å². The van der Waals surface area contributed by atoms with Crippen LogP contribution in [0, 0.1) is 0 Å². The molecule has 0 amide bonds. The molecule has 2 rings (SSSR count). The Hall–Kier alpha value is -0.410. The summed E-state index contributed by atoms with van der Waals surface area (Å²) in [6.07, 6.45) is 1.74. The van der Waals surface area contributed by atoms with Gasteiger partial charge in [0.05, 0.1) is 12.2 Å². The van der Waals surface area contributed by atoms with Crippen molar-refractivity contribution in [3.8, 4) is 0 Å². The fourth-order valence-electron chi connectivity index (χ4n) is 1.02. The van der Waals surface area contributed by atoms with Crippen molar-refractivity contribution in [2.75, 3.05) is 0 Å². The van der Waals surface area contributed by atoms with Crippen LogP contribution in [0.2, 0.25) is 5.15 Å². The highest BCUT2D eigenvalue weighted by Crippen LogP contribution is 2.25. The van der Waals surface area contributed by atoms with Gasteiger partial charge in [-0.1, -0.05) is 27.5 Å². The van der Waals surface area contributed by atoms with Gasteiger partial charge in [-0.2, -0.15) is 0 Å². The van der Waals surface area contributed by atoms with Crippen molar-refractivity contribution in [2.24, 2.45) is 4.99 Å². The standard InChI is InChI=1S/C7H4BrClN2/c8-5-1-7(9)11-6-3-10-2-4(5)6/h1,3H,2H2. The van der Waals surface area contributed by atoms with E-state index in [0.29, 0.717) is 11.7 Å². The normalized spacial score (nSPS) is 13.6. The fourth-order valence-corrected chi connectivity index (χ4v) is 1.89. The van der Waals surface area contributed by atoms with Gasteiger partial charge >= 0.3 is 0 Å². The minimum absolute atomic E-state index is 0.504. The Morgan fingerprint density at radius 3 is 3.18 bits per heavy atom. The number of aromatic nitrogens is 1. The second-order valence-corrected chi connectivity index (χ2v) is 3.50. The second kappa shape index (κ2) is 2.57. The summed E-state index contributed by atoms with van der Waals surface area (Å²) in [4.78, 5) is 8.18. The van der Waals surface area contributed by atoms with Crippen LogP contribution in [0.25, 0.3) is 0 Å². The van der Waals surface area contributed by atoms with Crippen LogP contribution in [-0.4, -0.2) is 11.2 Å². The Morgan fingerprint density at radius 2 is 2.36 bits per heavy atom. The molecule has 0 fully saturated rings. The van der Waals surface area contributed by atoms with Gasteiger partial charge in [-0.3, -0.25) is 4.99 Å². The molecule has 0 N–H and O–H groups in total. The zero-order chi connectivity index (χ0) is 7.84. The van der Waals surface area contributed by atoms with Crippen LogP contribution in [0.5, 0.6) is 0 Å². The van der Waals surface area contributed by atoms with Crippen LogP contribution in [0.1, 0.15) is 11.3 Å². The Kier molecular flexibility index (Phi) is 1.69. The molecule has 0 aromatic carbocycles. The van der Waals surface area contributed by atoms with Crippen molar-refractivity contribution in [3.63, 3.8) is 0 Å². The number of hydrogen-bond acceptors (Lipinski definition) is 2. The van der Waals surface area contributed by atoms with Crippen LogP contribution in [0.4, 0.5) is 0 Å². The number of rotatable bonds is 0. The van der Waals surface area contributed by atoms with Crippen molar-refractivity contribution >= 4 is 33.7 Å². The molecule has 11 heavy (non-hydrogen) atoms. The van der Waals surface area contributed by atoms with E-state index < -0.39 is 0 Å². The third-order valence-corrected chi connectivity index (χ3v) is 2.43. The highest BCUT2D eigenvalue weighted by molar-refractivity contribution is 9.10. The molecule has 56 valence electrons. The van der Waals surface area contributed by atoms with Crippen molar-refractivity contribution in [2.45, 2.75) is 6.54 Å². The van der Waals surface area contributed by atoms with Gasteiger partial charge in [-0.05, 0) is 6.07 Å². The van der Waals surface area contributed by atoms with Crippen molar-refractivity contribution in [3.05, 3.63) is 26.9 Å². The molecule has 0 atom stereocenters. The number of aliphatic imine (C=N–C) groups is 1. The van der Waals surface area contributed by atoms with Gasteiger partial charge in [0, 0.05) is 16.3 Å². The Balaban J connectivity index is 2.66. The Labute approximate surface area is 77.4 Å². The van der Waals surface area contributed by atoms with Crippen LogP contribution < -0.4 is 0 Å². The van der Waals surface area contributed by atoms with Crippen molar-refractivity contribution in [1.82, 2.24) is 4.98 Å². The van der Waals surface area contributed by atoms with E-state index in [1.165, 1.54) is 0 Å². The fraction of sp³-hybridized carbons (Fsp3) is 0.143. The van der Waals surface area contributed by atoms with Gasteiger partial charge in [0.25, 0.3) is 0 Å². The first-order valence-electron chi connectivity index (χ1n) is 3.12. The van der Waals surface area contributed by atoms with E-state index in [2.05, 4.69) is 25.9 Å². The summed E-state index contributed by atoms with van der Waals surface area (Å²) in [6, 6.07) is 1.79. The molecule has 1 aromatic rings. The Morgan fingerprint density at radius 1 is 1.55 bits per heavy atom. The first kappa shape index (κ1) is 7.25. The zero-order valence-corrected chi connectivity index (χ0v) is 7.85. The van der Waals surface area contributed by atoms with E-state index >= 15 is 0 Å². The number of pyridine rings is 1. The highest BCUT2D eigenvalue weighted by Gasteiger charge is 2.11. The first-order chi connectivity index (χ1) is 5.27. The predicted molar refractivity (Wildman–Crippen MR) is 48.2 cm³/mol. The molecule has 0 spiro atoms. The lowest BCUT2D eigenvalue weighted by Gasteiger charge is -1.99. The van der Waals surface area contributed by atoms with Crippen molar-refractivity contribution in [1.29, 1.82) is 0 Å². The molecule has 4 heteroatoms. The third kappa shape index (κ3) is 1.19. The highest BCUT2D eigenvalue weighted by atomic mass is 79.9. The van der Waals surface area contributed by atoms with Crippen LogP contribution >= 0.6 is 27.5 Å². The quantitative estimate of drug-likeness (QED) is 0.630. The summed E-state index contributed by atoms with van der Waals surface area (Å²) in [5.74, 6) is 0. The van der Waals surface area contributed by atoms with E-state index in [1.807, 2.05) is 0 Å². The van der Waals surface area contributed by atoms with Crippen LogP contribution in [-0.2, 0) is 6.54 Å². The smallest absolute Gasteiger partial charge is 0.130 e. The lowest BCUT2D eigenvalue weighted by Crippen LogP contribution is -1.90. The lowest BCUT2D eigenvalue weighted by molar-refractivity contribution is 1.08. The topological polar surface area (TPSA) is 25.2 Å². The molecule has 0 radical (unpaired) electrons. The molecule has 1 aliphatic heterocycles. The van der Waals surface area contributed by atoms with E-state index in [4.69, 9.17) is 11.6 Å². The maximum atomic E-state index is 5.73. The molecule has 0 aliphatic carbocycles. The molecule has 0 saturated carbocycles. The van der Waals surface area contributed by atoms with Crippen LogP contribution in [0.3, 0.4) is 0 Å². The zero-order valence-electron chi connectivity index (χ0n) is 5.51. The third-order valence-electron chi connectivity index (χ3n) is 1.53. The average molecular weight is 231 g/mol. The molecule has 2 heterocycles. The maximum Gasteiger partial charge on any atom is 0.130 e. The number of hydrogen-bond donors (Lipinski definition) is 0. The van der Waals surface area contributed by atoms with E-state index in [0.717, 1.165) is 15.7 Å². The maximum absolute atomic E-state index is 5.73. The van der Waals surface area contributed by atoms with E-state index in [9.17, 15) is 0 Å². The molecule has 1 aromatic heterocycles. The summed E-state index contributed by atoms with van der Waals surface area (Å²) in [6.45, 7) is 0.708. The van der Waals surface area contributed by atoms with Crippen molar-refractivity contribution < 1.29 is 0 Å². The number of nitrogens with zero attached hydrogens (tertiary/aromatic N) is 2. The molecular formula is C7H4BrClN2. The van der Waals surface area contributed by atoms with Gasteiger partial charge < -0.3 is 0 Å². The van der Waals surface area contributed by atoms with Gasteiger partial charge in [0.2, 0.25) is 0 Å². The summed E-state index contributed by atoms with van der Waals surface area (Å²) in [5, 5.41) is 0.504.